The lowest BCUT2D eigenvalue weighted by Crippen LogP contribution is -2.44. The summed E-state index contributed by atoms with van der Waals surface area (Å²) in [4.78, 5) is 15.1. The van der Waals surface area contributed by atoms with Gasteiger partial charge < -0.3 is 10.2 Å². The van der Waals surface area contributed by atoms with E-state index in [1.54, 1.807) is 17.0 Å². The first-order chi connectivity index (χ1) is 13.9. The fraction of sp³-hybridized carbons (Fsp3) is 0.240. The van der Waals surface area contributed by atoms with Gasteiger partial charge in [0.25, 0.3) is 5.91 Å². The van der Waals surface area contributed by atoms with Gasteiger partial charge in [-0.25, -0.2) is 4.39 Å². The average Bonchev–Trinajstić information content (AvgIpc) is 2.70. The van der Waals surface area contributed by atoms with Crippen LogP contribution in [0.3, 0.4) is 0 Å². The molecule has 0 saturated heterocycles. The number of halogens is 1. The number of rotatable bonds is 3. The second-order valence-corrected chi connectivity index (χ2v) is 7.90. The quantitative estimate of drug-likeness (QED) is 0.594. The molecule has 0 radical (unpaired) electrons. The topological polar surface area (TPSA) is 32.3 Å². The van der Waals surface area contributed by atoms with Crippen LogP contribution in [0.1, 0.15) is 46.4 Å². The van der Waals surface area contributed by atoms with Gasteiger partial charge in [0.05, 0.1) is 6.04 Å². The molecule has 0 fully saturated rings. The Kier molecular flexibility index (Phi) is 5.10. The number of benzene rings is 3. The van der Waals surface area contributed by atoms with Gasteiger partial charge in [-0.05, 0) is 69.2 Å². The van der Waals surface area contributed by atoms with Gasteiger partial charge in [-0.2, -0.15) is 0 Å². The fourth-order valence-electron chi connectivity index (χ4n) is 4.04. The number of carbonyl (C=O) groups excluding carboxylic acids is 1. The summed E-state index contributed by atoms with van der Waals surface area (Å²) in [5, 5.41) is 3.63. The van der Waals surface area contributed by atoms with E-state index in [0.29, 0.717) is 5.56 Å². The lowest BCUT2D eigenvalue weighted by molar-refractivity contribution is 0.0973. The van der Waals surface area contributed by atoms with Crippen molar-refractivity contribution in [1.82, 2.24) is 0 Å². The molecule has 1 aliphatic rings. The molecule has 1 N–H and O–H groups in total. The Bertz CT molecular complexity index is 1040. The van der Waals surface area contributed by atoms with Gasteiger partial charge in [-0.15, -0.1) is 0 Å². The summed E-state index contributed by atoms with van der Waals surface area (Å²) in [7, 11) is 0. The zero-order valence-corrected chi connectivity index (χ0v) is 16.9. The highest BCUT2D eigenvalue weighted by molar-refractivity contribution is 6.07. The minimum Gasteiger partial charge on any atom is -0.378 e. The number of carbonyl (C=O) groups is 1. The number of hydrogen-bond acceptors (Lipinski definition) is 2. The molecule has 0 spiro atoms. The second-order valence-electron chi connectivity index (χ2n) is 7.90. The first kappa shape index (κ1) is 19.2. The molecule has 0 bridgehead atoms. The summed E-state index contributed by atoms with van der Waals surface area (Å²) in [6, 6.07) is 20.5. The Hall–Kier alpha value is -3.14. The third kappa shape index (κ3) is 3.88. The molecular weight excluding hydrogens is 363 g/mol. The lowest BCUT2D eigenvalue weighted by atomic mass is 9.89. The summed E-state index contributed by atoms with van der Waals surface area (Å²) in [5.74, 6) is -0.570. The lowest BCUT2D eigenvalue weighted by Gasteiger charge is -2.40. The van der Waals surface area contributed by atoms with Gasteiger partial charge >= 0.3 is 0 Å². The molecule has 3 aromatic carbocycles. The van der Waals surface area contributed by atoms with Crippen molar-refractivity contribution in [2.24, 2.45) is 0 Å². The molecule has 0 unspecified atom stereocenters. The van der Waals surface area contributed by atoms with E-state index in [0.717, 1.165) is 28.9 Å². The largest absolute Gasteiger partial charge is 0.378 e. The molecule has 1 aliphatic heterocycles. The smallest absolute Gasteiger partial charge is 0.258 e. The van der Waals surface area contributed by atoms with E-state index in [1.807, 2.05) is 19.1 Å². The highest BCUT2D eigenvalue weighted by Crippen LogP contribution is 2.40. The van der Waals surface area contributed by atoms with E-state index in [4.69, 9.17) is 0 Å². The van der Waals surface area contributed by atoms with Crippen LogP contribution in [0.2, 0.25) is 0 Å². The van der Waals surface area contributed by atoms with Gasteiger partial charge in [0.15, 0.2) is 0 Å². The number of aryl methyl sites for hydroxylation is 2. The number of hydrogen-bond donors (Lipinski definition) is 1. The molecular formula is C25H25FN2O. The van der Waals surface area contributed by atoms with Crippen molar-refractivity contribution in [2.75, 3.05) is 10.2 Å². The molecule has 2 atom stereocenters. The third-order valence-corrected chi connectivity index (χ3v) is 5.52. The SMILES string of the molecule is Cc1ccc(N[C@H]2C[C@@H](C)N(C(=O)c3cccc(F)c3)c3ccc(C)cc32)cc1. The Morgan fingerprint density at radius 2 is 1.72 bits per heavy atom. The van der Waals surface area contributed by atoms with E-state index >= 15 is 0 Å². The predicted molar refractivity (Wildman–Crippen MR) is 116 cm³/mol. The van der Waals surface area contributed by atoms with E-state index in [1.165, 1.54) is 17.7 Å². The third-order valence-electron chi connectivity index (χ3n) is 5.52. The van der Waals surface area contributed by atoms with E-state index in [2.05, 4.69) is 49.5 Å². The highest BCUT2D eigenvalue weighted by atomic mass is 19.1. The van der Waals surface area contributed by atoms with Gasteiger partial charge in [0.1, 0.15) is 5.82 Å². The zero-order valence-electron chi connectivity index (χ0n) is 16.9. The zero-order chi connectivity index (χ0) is 20.5. The first-order valence-corrected chi connectivity index (χ1v) is 9.95. The minimum atomic E-state index is -0.399. The average molecular weight is 388 g/mol. The first-order valence-electron chi connectivity index (χ1n) is 9.95. The molecule has 0 saturated carbocycles. The Morgan fingerprint density at radius 1 is 1.00 bits per heavy atom. The fourth-order valence-corrected chi connectivity index (χ4v) is 4.04. The van der Waals surface area contributed by atoms with E-state index in [9.17, 15) is 9.18 Å². The number of anilines is 2. The van der Waals surface area contributed by atoms with Crippen LogP contribution in [0.25, 0.3) is 0 Å². The maximum Gasteiger partial charge on any atom is 0.258 e. The normalized spacial score (nSPS) is 18.3. The Labute approximate surface area is 171 Å². The highest BCUT2D eigenvalue weighted by Gasteiger charge is 2.34. The van der Waals surface area contributed by atoms with Crippen molar-refractivity contribution in [3.05, 3.63) is 94.8 Å². The van der Waals surface area contributed by atoms with Crippen LogP contribution in [0.4, 0.5) is 15.8 Å². The van der Waals surface area contributed by atoms with Crippen molar-refractivity contribution in [2.45, 2.75) is 39.3 Å². The van der Waals surface area contributed by atoms with Gasteiger partial charge in [-0.3, -0.25) is 4.79 Å². The standard InChI is InChI=1S/C25H25FN2O/c1-16-7-10-21(11-8-16)27-23-14-18(3)28(24-12-9-17(2)13-22(23)24)25(29)19-5-4-6-20(26)15-19/h4-13,15,18,23,27H,14H2,1-3H3/t18-,23+/m1/s1. The van der Waals surface area contributed by atoms with Gasteiger partial charge in [-0.1, -0.05) is 41.5 Å². The van der Waals surface area contributed by atoms with Crippen molar-refractivity contribution in [3.8, 4) is 0 Å². The molecule has 4 heteroatoms. The van der Waals surface area contributed by atoms with Gasteiger partial charge in [0.2, 0.25) is 0 Å². The van der Waals surface area contributed by atoms with Crippen LogP contribution in [0.15, 0.2) is 66.7 Å². The number of nitrogens with zero attached hydrogens (tertiary/aromatic N) is 1. The van der Waals surface area contributed by atoms with Crippen LogP contribution >= 0.6 is 0 Å². The Balaban J connectivity index is 1.71. The van der Waals surface area contributed by atoms with Crippen LogP contribution < -0.4 is 10.2 Å². The number of amides is 1. The summed E-state index contributed by atoms with van der Waals surface area (Å²) < 4.78 is 13.7. The molecule has 0 aromatic heterocycles. The molecule has 1 heterocycles. The molecule has 0 aliphatic carbocycles. The maximum absolute atomic E-state index is 13.7. The summed E-state index contributed by atoms with van der Waals surface area (Å²) in [5.41, 5.74) is 5.77. The molecule has 3 nitrogen and oxygen atoms in total. The predicted octanol–water partition coefficient (Wildman–Crippen LogP) is 6.03. The molecule has 1 amide bonds. The molecule has 4 rings (SSSR count). The maximum atomic E-state index is 13.7. The van der Waals surface area contributed by atoms with Crippen molar-refractivity contribution in [3.63, 3.8) is 0 Å². The van der Waals surface area contributed by atoms with E-state index < -0.39 is 5.82 Å². The van der Waals surface area contributed by atoms with Crippen LogP contribution in [-0.4, -0.2) is 11.9 Å². The second kappa shape index (κ2) is 7.70. The van der Waals surface area contributed by atoms with E-state index in [-0.39, 0.29) is 18.0 Å². The van der Waals surface area contributed by atoms with Crippen molar-refractivity contribution < 1.29 is 9.18 Å². The summed E-state index contributed by atoms with van der Waals surface area (Å²) in [6.45, 7) is 6.17. The summed E-state index contributed by atoms with van der Waals surface area (Å²) in [6.07, 6.45) is 0.769. The number of fused-ring (bicyclic) bond motifs is 1. The van der Waals surface area contributed by atoms with Crippen LogP contribution in [0.5, 0.6) is 0 Å². The Morgan fingerprint density at radius 3 is 2.45 bits per heavy atom. The number of nitrogens with one attached hydrogen (secondary N) is 1. The van der Waals surface area contributed by atoms with Crippen LogP contribution in [-0.2, 0) is 0 Å². The van der Waals surface area contributed by atoms with Crippen molar-refractivity contribution >= 4 is 17.3 Å². The van der Waals surface area contributed by atoms with Gasteiger partial charge in [0, 0.05) is 23.0 Å². The monoisotopic (exact) mass is 388 g/mol. The van der Waals surface area contributed by atoms with Crippen molar-refractivity contribution in [1.29, 1.82) is 0 Å². The summed E-state index contributed by atoms with van der Waals surface area (Å²) >= 11 is 0. The minimum absolute atomic E-state index is 0.0241. The van der Waals surface area contributed by atoms with Crippen LogP contribution in [0, 0.1) is 19.7 Å². The molecule has 3 aromatic rings. The molecule has 148 valence electrons. The molecule has 29 heavy (non-hydrogen) atoms.